The summed E-state index contributed by atoms with van der Waals surface area (Å²) in [5.41, 5.74) is -0.224. The minimum atomic E-state index is -0.623. The van der Waals surface area contributed by atoms with Gasteiger partial charge in [0.2, 0.25) is 0 Å². The van der Waals surface area contributed by atoms with Crippen molar-refractivity contribution in [1.29, 1.82) is 0 Å². The number of aliphatic carboxylic acids is 1. The SMILES string of the molecule is CC(=O)O[C@H]1CC[C@@]2(C)[C@@H](CC[C@H]3C[C@@](C)(C(=O)O)CC[C@@H]32)C1. The maximum atomic E-state index is 11.6. The molecule has 1 N–H and O–H groups in total. The number of fused-ring (bicyclic) bond motifs is 3. The normalized spacial score (nSPS) is 46.4. The van der Waals surface area contributed by atoms with Gasteiger partial charge in [0.05, 0.1) is 5.41 Å². The maximum absolute atomic E-state index is 11.6. The summed E-state index contributed by atoms with van der Waals surface area (Å²) in [5.74, 6) is 1.03. The number of hydrogen-bond acceptors (Lipinski definition) is 3. The molecule has 3 aliphatic rings. The Hall–Kier alpha value is -1.06. The molecule has 3 saturated carbocycles. The van der Waals surface area contributed by atoms with E-state index in [0.717, 1.165) is 51.4 Å². The molecule has 3 fully saturated rings. The molecule has 0 aromatic carbocycles. The fourth-order valence-electron chi connectivity index (χ4n) is 5.97. The second kappa shape index (κ2) is 5.78. The molecule has 0 aromatic rings. The molecule has 0 amide bonds. The van der Waals surface area contributed by atoms with Gasteiger partial charge in [0, 0.05) is 6.92 Å². The Kier molecular flexibility index (Phi) is 4.22. The number of carbonyl (C=O) groups excluding carboxylic acids is 1. The first-order valence-corrected chi connectivity index (χ1v) is 9.15. The van der Waals surface area contributed by atoms with E-state index in [1.54, 1.807) is 0 Å². The first kappa shape index (κ1) is 16.8. The summed E-state index contributed by atoms with van der Waals surface area (Å²) in [6.45, 7) is 5.85. The Bertz CT molecular complexity index is 502. The molecular weight excluding hydrogens is 292 g/mol. The lowest BCUT2D eigenvalue weighted by atomic mass is 9.47. The molecule has 0 bridgehead atoms. The number of hydrogen-bond donors (Lipinski definition) is 1. The lowest BCUT2D eigenvalue weighted by molar-refractivity contribution is -0.162. The first-order chi connectivity index (χ1) is 10.7. The van der Waals surface area contributed by atoms with E-state index in [1.807, 2.05) is 6.92 Å². The number of esters is 1. The zero-order valence-electron chi connectivity index (χ0n) is 14.6. The van der Waals surface area contributed by atoms with Crippen molar-refractivity contribution < 1.29 is 19.4 Å². The van der Waals surface area contributed by atoms with Gasteiger partial charge in [0.15, 0.2) is 0 Å². The number of carbonyl (C=O) groups is 2. The van der Waals surface area contributed by atoms with Gasteiger partial charge in [0.25, 0.3) is 0 Å². The van der Waals surface area contributed by atoms with Crippen molar-refractivity contribution in [3.63, 3.8) is 0 Å². The van der Waals surface area contributed by atoms with Crippen LogP contribution in [0, 0.1) is 28.6 Å². The van der Waals surface area contributed by atoms with Gasteiger partial charge in [-0.05, 0) is 81.5 Å². The number of rotatable bonds is 2. The number of ether oxygens (including phenoxy) is 1. The number of carboxylic acid groups (broad SMARTS) is 1. The van der Waals surface area contributed by atoms with Crippen LogP contribution in [0.2, 0.25) is 0 Å². The molecular formula is C19H30O4. The van der Waals surface area contributed by atoms with Crippen molar-refractivity contribution in [2.75, 3.05) is 0 Å². The lowest BCUT2D eigenvalue weighted by Gasteiger charge is -2.58. The van der Waals surface area contributed by atoms with E-state index >= 15 is 0 Å². The van der Waals surface area contributed by atoms with Crippen molar-refractivity contribution in [2.45, 2.75) is 78.2 Å². The van der Waals surface area contributed by atoms with Crippen LogP contribution in [-0.2, 0) is 14.3 Å². The molecule has 0 spiro atoms. The summed E-state index contributed by atoms with van der Waals surface area (Å²) in [7, 11) is 0. The van der Waals surface area contributed by atoms with Gasteiger partial charge in [-0.3, -0.25) is 9.59 Å². The van der Waals surface area contributed by atoms with E-state index in [0.29, 0.717) is 23.2 Å². The van der Waals surface area contributed by atoms with Crippen LogP contribution in [0.5, 0.6) is 0 Å². The zero-order valence-corrected chi connectivity index (χ0v) is 14.6. The van der Waals surface area contributed by atoms with Gasteiger partial charge >= 0.3 is 11.9 Å². The van der Waals surface area contributed by atoms with E-state index in [1.165, 1.54) is 6.92 Å². The summed E-state index contributed by atoms with van der Waals surface area (Å²) in [6.07, 6.45) is 8.14. The summed E-state index contributed by atoms with van der Waals surface area (Å²) in [5, 5.41) is 9.55. The van der Waals surface area contributed by atoms with Crippen molar-refractivity contribution in [3.05, 3.63) is 0 Å². The van der Waals surface area contributed by atoms with E-state index in [2.05, 4.69) is 6.92 Å². The third-order valence-corrected chi connectivity index (χ3v) is 7.36. The molecule has 4 nitrogen and oxygen atoms in total. The van der Waals surface area contributed by atoms with Crippen LogP contribution in [-0.4, -0.2) is 23.1 Å². The monoisotopic (exact) mass is 322 g/mol. The van der Waals surface area contributed by atoms with Crippen LogP contribution in [0.15, 0.2) is 0 Å². The molecule has 0 radical (unpaired) electrons. The van der Waals surface area contributed by atoms with Crippen LogP contribution in [0.4, 0.5) is 0 Å². The Morgan fingerprint density at radius 1 is 1.09 bits per heavy atom. The van der Waals surface area contributed by atoms with Gasteiger partial charge in [-0.15, -0.1) is 0 Å². The smallest absolute Gasteiger partial charge is 0.309 e. The average molecular weight is 322 g/mol. The second-order valence-corrected chi connectivity index (χ2v) is 8.76. The van der Waals surface area contributed by atoms with Gasteiger partial charge in [-0.2, -0.15) is 0 Å². The highest BCUT2D eigenvalue weighted by molar-refractivity contribution is 5.74. The van der Waals surface area contributed by atoms with Crippen LogP contribution in [0.25, 0.3) is 0 Å². The highest BCUT2D eigenvalue weighted by Gasteiger charge is 2.55. The fourth-order valence-corrected chi connectivity index (χ4v) is 5.97. The fraction of sp³-hybridized carbons (Fsp3) is 0.895. The molecule has 0 saturated heterocycles. The maximum Gasteiger partial charge on any atom is 0.309 e. The van der Waals surface area contributed by atoms with Crippen LogP contribution < -0.4 is 0 Å². The second-order valence-electron chi connectivity index (χ2n) is 8.76. The third-order valence-electron chi connectivity index (χ3n) is 7.36. The van der Waals surface area contributed by atoms with Gasteiger partial charge in [0.1, 0.15) is 6.10 Å². The Morgan fingerprint density at radius 2 is 1.83 bits per heavy atom. The molecule has 3 aliphatic carbocycles. The van der Waals surface area contributed by atoms with Crippen molar-refractivity contribution in [1.82, 2.24) is 0 Å². The summed E-state index contributed by atoms with van der Waals surface area (Å²) in [4.78, 5) is 22.8. The highest BCUT2D eigenvalue weighted by Crippen LogP contribution is 2.61. The molecule has 6 atom stereocenters. The highest BCUT2D eigenvalue weighted by atomic mass is 16.5. The molecule has 0 aliphatic heterocycles. The Balaban J connectivity index is 1.72. The Morgan fingerprint density at radius 3 is 2.48 bits per heavy atom. The molecule has 0 heterocycles. The molecule has 0 aromatic heterocycles. The van der Waals surface area contributed by atoms with E-state index in [4.69, 9.17) is 4.74 Å². The molecule has 130 valence electrons. The summed E-state index contributed by atoms with van der Waals surface area (Å²) in [6, 6.07) is 0. The zero-order chi connectivity index (χ0) is 16.8. The van der Waals surface area contributed by atoms with Gasteiger partial charge < -0.3 is 9.84 Å². The molecule has 0 unspecified atom stereocenters. The first-order valence-electron chi connectivity index (χ1n) is 9.15. The third kappa shape index (κ3) is 2.89. The standard InChI is InChI=1S/C19H30O4/c1-12(20)23-15-6-9-19(3)14(10-15)5-4-13-11-18(2,17(21)22)8-7-16(13)19/h13-16H,4-11H2,1-3H3,(H,21,22)/t13-,14-,15-,16-,18-,19-/m0/s1. The summed E-state index contributed by atoms with van der Waals surface area (Å²) < 4.78 is 5.47. The number of carboxylic acids is 1. The largest absolute Gasteiger partial charge is 0.481 e. The topological polar surface area (TPSA) is 63.6 Å². The van der Waals surface area contributed by atoms with Crippen molar-refractivity contribution in [2.24, 2.45) is 28.6 Å². The molecule has 23 heavy (non-hydrogen) atoms. The average Bonchev–Trinajstić information content (AvgIpc) is 2.47. The predicted molar refractivity (Wildman–Crippen MR) is 86.8 cm³/mol. The van der Waals surface area contributed by atoms with E-state index in [-0.39, 0.29) is 12.1 Å². The molecule has 4 heteroatoms. The van der Waals surface area contributed by atoms with Crippen LogP contribution in [0.1, 0.15) is 72.1 Å². The minimum absolute atomic E-state index is 0.0926. The quantitative estimate of drug-likeness (QED) is 0.780. The van der Waals surface area contributed by atoms with Crippen LogP contribution >= 0.6 is 0 Å². The van der Waals surface area contributed by atoms with Crippen molar-refractivity contribution in [3.8, 4) is 0 Å². The van der Waals surface area contributed by atoms with Gasteiger partial charge in [-0.1, -0.05) is 6.92 Å². The summed E-state index contributed by atoms with van der Waals surface area (Å²) >= 11 is 0. The lowest BCUT2D eigenvalue weighted by Crippen LogP contribution is -2.52. The van der Waals surface area contributed by atoms with Crippen LogP contribution in [0.3, 0.4) is 0 Å². The van der Waals surface area contributed by atoms with E-state index < -0.39 is 11.4 Å². The van der Waals surface area contributed by atoms with Gasteiger partial charge in [-0.25, -0.2) is 0 Å². The van der Waals surface area contributed by atoms with Crippen molar-refractivity contribution >= 4 is 11.9 Å². The molecule has 3 rings (SSSR count). The Labute approximate surface area is 139 Å². The van der Waals surface area contributed by atoms with E-state index in [9.17, 15) is 14.7 Å². The minimum Gasteiger partial charge on any atom is -0.481 e. The predicted octanol–water partition coefficient (Wildman–Crippen LogP) is 4.03.